The summed E-state index contributed by atoms with van der Waals surface area (Å²) in [5.74, 6) is 0.677. The molecule has 0 bridgehead atoms. The number of fused-ring (bicyclic) bond motifs is 1. The number of hydrogen-bond acceptors (Lipinski definition) is 10. The fourth-order valence-corrected chi connectivity index (χ4v) is 12.7. The number of aromatic nitrogens is 4. The number of halogens is 1. The molecule has 0 spiro atoms. The number of carbonyl (C=O) groups is 1. The lowest BCUT2D eigenvalue weighted by Crippen LogP contribution is -2.61. The van der Waals surface area contributed by atoms with Gasteiger partial charge in [0.25, 0.3) is 0 Å². The van der Waals surface area contributed by atoms with Crippen LogP contribution in [0.25, 0.3) is 5.65 Å². The van der Waals surface area contributed by atoms with E-state index in [4.69, 9.17) is 16.0 Å². The molecule has 3 aromatic rings. The highest BCUT2D eigenvalue weighted by Crippen LogP contribution is 2.45. The van der Waals surface area contributed by atoms with Gasteiger partial charge in [-0.3, -0.25) is 0 Å². The van der Waals surface area contributed by atoms with E-state index in [2.05, 4.69) is 89.6 Å². The molecular formula is C31H41ClN10O3Si. The summed E-state index contributed by atoms with van der Waals surface area (Å²) < 4.78 is 8.57. The summed E-state index contributed by atoms with van der Waals surface area (Å²) in [6, 6.07) is 7.59. The molecule has 1 aromatic carbocycles. The predicted molar refractivity (Wildman–Crippen MR) is 179 cm³/mol. The van der Waals surface area contributed by atoms with Crippen LogP contribution in [0, 0.1) is 22.7 Å². The number of nitriles is 2. The molecule has 1 saturated carbocycles. The highest BCUT2D eigenvalue weighted by Gasteiger charge is 2.48. The summed E-state index contributed by atoms with van der Waals surface area (Å²) in [4.78, 5) is 22.8. The molecule has 1 aliphatic carbocycles. The lowest BCUT2D eigenvalue weighted by Gasteiger charge is -2.49. The van der Waals surface area contributed by atoms with Gasteiger partial charge in [-0.1, -0.05) is 53.1 Å². The van der Waals surface area contributed by atoms with Crippen LogP contribution in [-0.4, -0.2) is 70.4 Å². The molecule has 2 atom stereocenters. The maximum absolute atomic E-state index is 11.8. The van der Waals surface area contributed by atoms with Crippen LogP contribution in [-0.2, 0) is 4.43 Å². The number of anilines is 4. The quantitative estimate of drug-likeness (QED) is 0.170. The van der Waals surface area contributed by atoms with Crippen molar-refractivity contribution in [2.45, 2.75) is 95.6 Å². The first-order chi connectivity index (χ1) is 21.9. The van der Waals surface area contributed by atoms with E-state index in [0.29, 0.717) is 69.6 Å². The molecule has 13 nitrogen and oxygen atoms in total. The van der Waals surface area contributed by atoms with Gasteiger partial charge in [-0.25, -0.2) is 9.78 Å². The zero-order chi connectivity index (χ0) is 33.3. The van der Waals surface area contributed by atoms with Gasteiger partial charge in [-0.2, -0.15) is 20.0 Å². The first-order valence-corrected chi connectivity index (χ1v) is 18.2. The molecule has 1 aliphatic heterocycles. The zero-order valence-electron chi connectivity index (χ0n) is 27.0. The fourth-order valence-electron chi connectivity index (χ4n) is 6.89. The third kappa shape index (κ3) is 6.56. The molecule has 0 unspecified atom stereocenters. The SMILES string of the molecule is CC(C)[Si](O[C@@H]1CN(c2cc(C#N)cc(Nc3nc(NC4CC4)c4ncc(C#N)n4n3)c2Cl)CC[C@H]1NC(=O)O)(C(C)C)C(C)C. The van der Waals surface area contributed by atoms with E-state index in [9.17, 15) is 20.4 Å². The van der Waals surface area contributed by atoms with Crippen LogP contribution in [0.5, 0.6) is 0 Å². The molecule has 46 heavy (non-hydrogen) atoms. The van der Waals surface area contributed by atoms with Crippen LogP contribution < -0.4 is 20.9 Å². The second-order valence-corrected chi connectivity index (χ2v) is 18.8. The van der Waals surface area contributed by atoms with Gasteiger partial charge in [0.05, 0.1) is 46.4 Å². The monoisotopic (exact) mass is 664 g/mol. The van der Waals surface area contributed by atoms with Crippen LogP contribution >= 0.6 is 11.6 Å². The minimum Gasteiger partial charge on any atom is -0.465 e. The Hall–Kier alpha value is -4.11. The average Bonchev–Trinajstić information content (AvgIpc) is 3.72. The Morgan fingerprint density at radius 3 is 2.39 bits per heavy atom. The fraction of sp³-hybridized carbons (Fsp3) is 0.548. The van der Waals surface area contributed by atoms with E-state index in [-0.39, 0.29) is 17.7 Å². The van der Waals surface area contributed by atoms with Crippen LogP contribution in [0.4, 0.5) is 27.9 Å². The number of carboxylic acid groups (broad SMARTS) is 1. The molecule has 15 heteroatoms. The Morgan fingerprint density at radius 2 is 1.80 bits per heavy atom. The second-order valence-electron chi connectivity index (χ2n) is 13.1. The van der Waals surface area contributed by atoms with Crippen LogP contribution in [0.2, 0.25) is 21.6 Å². The molecule has 3 heterocycles. The average molecular weight is 665 g/mol. The van der Waals surface area contributed by atoms with Gasteiger partial charge in [0.2, 0.25) is 14.3 Å². The summed E-state index contributed by atoms with van der Waals surface area (Å²) >= 11 is 7.07. The number of benzene rings is 1. The lowest BCUT2D eigenvalue weighted by atomic mass is 10.0. The summed E-state index contributed by atoms with van der Waals surface area (Å²) in [7, 11) is -2.38. The van der Waals surface area contributed by atoms with Crippen molar-refractivity contribution >= 4 is 54.8 Å². The summed E-state index contributed by atoms with van der Waals surface area (Å²) in [5.41, 5.74) is 3.04. The van der Waals surface area contributed by atoms with Gasteiger partial charge >= 0.3 is 6.09 Å². The van der Waals surface area contributed by atoms with Gasteiger partial charge in [0.1, 0.15) is 6.07 Å². The Morgan fingerprint density at radius 1 is 1.11 bits per heavy atom. The summed E-state index contributed by atoms with van der Waals surface area (Å²) in [6.45, 7) is 14.1. The van der Waals surface area contributed by atoms with E-state index in [1.54, 1.807) is 12.1 Å². The minimum atomic E-state index is -2.38. The number of hydrogen-bond donors (Lipinski definition) is 4. The van der Waals surface area contributed by atoms with Crippen molar-refractivity contribution < 1.29 is 14.3 Å². The molecule has 2 fully saturated rings. The zero-order valence-corrected chi connectivity index (χ0v) is 28.8. The first kappa shape index (κ1) is 33.3. The number of piperidine rings is 1. The standard InChI is InChI=1S/C31H41ClN10O3Si/c1-17(2)46(18(3)4,19(5)6)45-26-16-41(10-9-23(26)38-31(43)44)25-12-20(13-33)11-24(27(25)32)37-30-39-28(36-21-7-8-21)29-35-15-22(14-34)42(29)40-30/h11-12,15,17-19,21,23,26,38H,7-10,16H2,1-6H3,(H,43,44)(H2,36,37,39,40)/t23-,26-/m1/s1. The van der Waals surface area contributed by atoms with Crippen LogP contribution in [0.1, 0.15) is 72.1 Å². The molecule has 4 N–H and O–H groups in total. The topological polar surface area (TPSA) is 177 Å². The van der Waals surface area contributed by atoms with E-state index < -0.39 is 26.6 Å². The second kappa shape index (κ2) is 13.3. The Kier molecular flexibility index (Phi) is 9.63. The molecule has 1 saturated heterocycles. The molecule has 0 radical (unpaired) electrons. The highest BCUT2D eigenvalue weighted by molar-refractivity contribution is 6.77. The van der Waals surface area contributed by atoms with Crippen molar-refractivity contribution in [3.63, 3.8) is 0 Å². The Balaban J connectivity index is 1.50. The maximum atomic E-state index is 11.8. The van der Waals surface area contributed by atoms with E-state index >= 15 is 0 Å². The molecule has 244 valence electrons. The van der Waals surface area contributed by atoms with E-state index in [1.807, 2.05) is 0 Å². The number of rotatable bonds is 11. The van der Waals surface area contributed by atoms with Gasteiger partial charge in [-0.05, 0) is 48.0 Å². The van der Waals surface area contributed by atoms with Crippen molar-refractivity contribution in [3.8, 4) is 12.1 Å². The third-order valence-electron chi connectivity index (χ3n) is 9.10. The van der Waals surface area contributed by atoms with Gasteiger partial charge < -0.3 is 30.4 Å². The van der Waals surface area contributed by atoms with Crippen molar-refractivity contribution in [1.82, 2.24) is 24.9 Å². The molecule has 2 aliphatic rings. The lowest BCUT2D eigenvalue weighted by molar-refractivity contribution is 0.111. The maximum Gasteiger partial charge on any atom is 0.404 e. The predicted octanol–water partition coefficient (Wildman–Crippen LogP) is 6.25. The Labute approximate surface area is 275 Å². The van der Waals surface area contributed by atoms with Gasteiger partial charge in [0, 0.05) is 19.1 Å². The third-order valence-corrected chi connectivity index (χ3v) is 15.6. The Bertz CT molecular complexity index is 1670. The van der Waals surface area contributed by atoms with Gasteiger partial charge in [-0.15, -0.1) is 5.10 Å². The highest BCUT2D eigenvalue weighted by atomic mass is 35.5. The summed E-state index contributed by atoms with van der Waals surface area (Å²) in [6.07, 6.45) is 2.47. The van der Waals surface area contributed by atoms with Crippen molar-refractivity contribution in [3.05, 3.63) is 34.6 Å². The van der Waals surface area contributed by atoms with Crippen molar-refractivity contribution in [1.29, 1.82) is 10.5 Å². The van der Waals surface area contributed by atoms with Crippen molar-refractivity contribution in [2.24, 2.45) is 0 Å². The molecule has 2 aromatic heterocycles. The first-order valence-electron chi connectivity index (χ1n) is 15.7. The summed E-state index contributed by atoms with van der Waals surface area (Å²) in [5, 5.41) is 43.4. The number of amides is 1. The minimum absolute atomic E-state index is 0.181. The molecule has 5 rings (SSSR count). The largest absolute Gasteiger partial charge is 0.465 e. The number of imidazole rings is 1. The van der Waals surface area contributed by atoms with Crippen LogP contribution in [0.15, 0.2) is 18.3 Å². The van der Waals surface area contributed by atoms with E-state index in [1.165, 1.54) is 10.7 Å². The van der Waals surface area contributed by atoms with Crippen LogP contribution in [0.3, 0.4) is 0 Å². The van der Waals surface area contributed by atoms with Crippen molar-refractivity contribution in [2.75, 3.05) is 28.6 Å². The number of nitrogens with one attached hydrogen (secondary N) is 3. The molecule has 1 amide bonds. The normalized spacial score (nSPS) is 18.6. The van der Waals surface area contributed by atoms with E-state index in [0.717, 1.165) is 12.8 Å². The van der Waals surface area contributed by atoms with Gasteiger partial charge in [0.15, 0.2) is 17.2 Å². The smallest absolute Gasteiger partial charge is 0.404 e. The number of nitrogens with zero attached hydrogens (tertiary/aromatic N) is 7. The molecular weight excluding hydrogens is 624 g/mol.